The van der Waals surface area contributed by atoms with Crippen molar-refractivity contribution < 1.29 is 0 Å². The lowest BCUT2D eigenvalue weighted by Gasteiger charge is -2.13. The van der Waals surface area contributed by atoms with Crippen molar-refractivity contribution in [2.75, 3.05) is 19.0 Å². The van der Waals surface area contributed by atoms with Gasteiger partial charge in [0.2, 0.25) is 0 Å². The van der Waals surface area contributed by atoms with E-state index in [1.54, 1.807) is 0 Å². The highest BCUT2D eigenvalue weighted by Gasteiger charge is 2.06. The van der Waals surface area contributed by atoms with Crippen molar-refractivity contribution in [1.82, 2.24) is 9.55 Å². The van der Waals surface area contributed by atoms with Crippen molar-refractivity contribution in [2.45, 2.75) is 13.0 Å². The summed E-state index contributed by atoms with van der Waals surface area (Å²) in [6, 6.07) is 17.0. The molecule has 0 atom stereocenters. The predicted molar refractivity (Wildman–Crippen MR) is 99.0 cm³/mol. The van der Waals surface area contributed by atoms with Crippen molar-refractivity contribution in [1.29, 1.82) is 0 Å². The normalized spacial score (nSPS) is 10.7. The van der Waals surface area contributed by atoms with Gasteiger partial charge in [-0.1, -0.05) is 40.2 Å². The van der Waals surface area contributed by atoms with Crippen LogP contribution in [-0.2, 0) is 13.0 Å². The summed E-state index contributed by atoms with van der Waals surface area (Å²) in [6.07, 6.45) is 4.76. The van der Waals surface area contributed by atoms with E-state index in [9.17, 15) is 0 Å². The van der Waals surface area contributed by atoms with Crippen LogP contribution in [0.25, 0.3) is 0 Å². The first-order valence-corrected chi connectivity index (χ1v) is 8.42. The highest BCUT2D eigenvalue weighted by Crippen LogP contribution is 2.17. The van der Waals surface area contributed by atoms with Crippen LogP contribution in [0.4, 0.5) is 5.69 Å². The highest BCUT2D eigenvalue weighted by atomic mass is 79.9. The summed E-state index contributed by atoms with van der Waals surface area (Å²) in [7, 11) is 4.11. The van der Waals surface area contributed by atoms with Crippen LogP contribution in [0.5, 0.6) is 0 Å². The van der Waals surface area contributed by atoms with Crippen LogP contribution >= 0.6 is 15.9 Å². The summed E-state index contributed by atoms with van der Waals surface area (Å²) in [4.78, 5) is 6.63. The Hall–Kier alpha value is -2.07. The van der Waals surface area contributed by atoms with E-state index in [1.165, 1.54) is 16.8 Å². The Labute approximate surface area is 145 Å². The number of anilines is 1. The molecule has 0 aliphatic rings. The zero-order valence-corrected chi connectivity index (χ0v) is 15.0. The van der Waals surface area contributed by atoms with Crippen molar-refractivity contribution in [3.05, 3.63) is 82.3 Å². The van der Waals surface area contributed by atoms with Crippen LogP contribution in [-0.4, -0.2) is 23.6 Å². The number of nitrogens with zero attached hydrogens (tertiary/aromatic N) is 3. The van der Waals surface area contributed by atoms with Gasteiger partial charge in [0.15, 0.2) is 0 Å². The van der Waals surface area contributed by atoms with Gasteiger partial charge >= 0.3 is 0 Å². The SMILES string of the molecule is CN(C)c1ccc(Cn2ccnc2Cc2cccc(Br)c2)cc1. The van der Waals surface area contributed by atoms with Crippen molar-refractivity contribution in [3.8, 4) is 0 Å². The maximum Gasteiger partial charge on any atom is 0.113 e. The largest absolute Gasteiger partial charge is 0.378 e. The molecule has 1 aromatic heterocycles. The van der Waals surface area contributed by atoms with Crippen LogP contribution in [0.15, 0.2) is 65.4 Å². The molecular weight excluding hydrogens is 350 g/mol. The molecule has 0 spiro atoms. The summed E-state index contributed by atoms with van der Waals surface area (Å²) in [5.74, 6) is 1.08. The van der Waals surface area contributed by atoms with Gasteiger partial charge in [-0.15, -0.1) is 0 Å². The second kappa shape index (κ2) is 7.01. The molecule has 23 heavy (non-hydrogen) atoms. The lowest BCUT2D eigenvalue weighted by Crippen LogP contribution is -2.09. The smallest absolute Gasteiger partial charge is 0.113 e. The predicted octanol–water partition coefficient (Wildman–Crippen LogP) is 4.35. The second-order valence-electron chi connectivity index (χ2n) is 5.84. The molecule has 0 aliphatic carbocycles. The van der Waals surface area contributed by atoms with Gasteiger partial charge in [0.05, 0.1) is 0 Å². The van der Waals surface area contributed by atoms with Crippen LogP contribution in [0.2, 0.25) is 0 Å². The fourth-order valence-corrected chi connectivity index (χ4v) is 3.02. The molecule has 0 unspecified atom stereocenters. The number of hydrogen-bond acceptors (Lipinski definition) is 2. The fraction of sp³-hybridized carbons (Fsp3) is 0.211. The molecule has 0 aliphatic heterocycles. The monoisotopic (exact) mass is 369 g/mol. The van der Waals surface area contributed by atoms with Gasteiger partial charge in [-0.2, -0.15) is 0 Å². The van der Waals surface area contributed by atoms with Gasteiger partial charge < -0.3 is 9.47 Å². The van der Waals surface area contributed by atoms with Gasteiger partial charge in [0.1, 0.15) is 5.82 Å². The summed E-state index contributed by atoms with van der Waals surface area (Å²) < 4.78 is 3.32. The minimum atomic E-state index is 0.836. The molecule has 0 N–H and O–H groups in total. The minimum Gasteiger partial charge on any atom is -0.378 e. The maximum absolute atomic E-state index is 4.52. The molecule has 0 bridgehead atoms. The van der Waals surface area contributed by atoms with E-state index in [-0.39, 0.29) is 0 Å². The first-order chi connectivity index (χ1) is 11.1. The van der Waals surface area contributed by atoms with Crippen molar-refractivity contribution in [2.24, 2.45) is 0 Å². The molecule has 0 saturated heterocycles. The lowest BCUT2D eigenvalue weighted by atomic mass is 10.1. The van der Waals surface area contributed by atoms with Crippen LogP contribution < -0.4 is 4.90 Å². The molecule has 0 amide bonds. The van der Waals surface area contributed by atoms with Gasteiger partial charge in [0.25, 0.3) is 0 Å². The number of hydrogen-bond donors (Lipinski definition) is 0. The van der Waals surface area contributed by atoms with Gasteiger partial charge in [-0.3, -0.25) is 0 Å². The van der Waals surface area contributed by atoms with E-state index >= 15 is 0 Å². The summed E-state index contributed by atoms with van der Waals surface area (Å²) in [6.45, 7) is 0.844. The molecule has 2 aromatic carbocycles. The van der Waals surface area contributed by atoms with E-state index in [1.807, 2.05) is 18.5 Å². The van der Waals surface area contributed by atoms with E-state index in [0.717, 1.165) is 23.3 Å². The molecule has 0 fully saturated rings. The summed E-state index contributed by atoms with van der Waals surface area (Å²) in [5, 5.41) is 0. The molecular formula is C19H20BrN3. The number of imidazole rings is 1. The molecule has 3 nitrogen and oxygen atoms in total. The Kier molecular flexibility index (Phi) is 4.82. The standard InChI is InChI=1S/C19H20BrN3/c1-22(2)18-8-6-15(7-9-18)14-23-11-10-21-19(23)13-16-4-3-5-17(20)12-16/h3-12H,13-14H2,1-2H3. The third-order valence-electron chi connectivity index (χ3n) is 3.86. The number of aromatic nitrogens is 2. The van der Waals surface area contributed by atoms with Gasteiger partial charge in [0, 0.05) is 49.6 Å². The molecule has 0 radical (unpaired) electrons. The third-order valence-corrected chi connectivity index (χ3v) is 4.35. The first-order valence-electron chi connectivity index (χ1n) is 7.62. The Morgan fingerprint density at radius 1 is 1.04 bits per heavy atom. The lowest BCUT2D eigenvalue weighted by molar-refractivity contribution is 0.740. The van der Waals surface area contributed by atoms with E-state index < -0.39 is 0 Å². The molecule has 3 rings (SSSR count). The average molecular weight is 370 g/mol. The van der Waals surface area contributed by atoms with E-state index in [2.05, 4.69) is 86.9 Å². The summed E-state index contributed by atoms with van der Waals surface area (Å²) >= 11 is 3.53. The zero-order valence-electron chi connectivity index (χ0n) is 13.4. The molecule has 1 heterocycles. The van der Waals surface area contributed by atoms with Crippen LogP contribution in [0, 0.1) is 0 Å². The third kappa shape index (κ3) is 4.02. The van der Waals surface area contributed by atoms with Crippen LogP contribution in [0.1, 0.15) is 17.0 Å². The minimum absolute atomic E-state index is 0.836. The van der Waals surface area contributed by atoms with E-state index in [4.69, 9.17) is 0 Å². The van der Waals surface area contributed by atoms with Gasteiger partial charge in [-0.05, 0) is 35.4 Å². The Bertz CT molecular complexity index is 775. The molecule has 3 aromatic rings. The van der Waals surface area contributed by atoms with Gasteiger partial charge in [-0.25, -0.2) is 4.98 Å². The Balaban J connectivity index is 1.75. The zero-order chi connectivity index (χ0) is 16.2. The second-order valence-corrected chi connectivity index (χ2v) is 6.75. The van der Waals surface area contributed by atoms with Crippen LogP contribution in [0.3, 0.4) is 0 Å². The van der Waals surface area contributed by atoms with Crippen molar-refractivity contribution in [3.63, 3.8) is 0 Å². The molecule has 4 heteroatoms. The number of benzene rings is 2. The van der Waals surface area contributed by atoms with Crippen molar-refractivity contribution >= 4 is 21.6 Å². The molecule has 118 valence electrons. The first kappa shape index (κ1) is 15.8. The Morgan fingerprint density at radius 2 is 1.83 bits per heavy atom. The quantitative estimate of drug-likeness (QED) is 0.666. The topological polar surface area (TPSA) is 21.1 Å². The maximum atomic E-state index is 4.52. The fourth-order valence-electron chi connectivity index (χ4n) is 2.58. The highest BCUT2D eigenvalue weighted by molar-refractivity contribution is 9.10. The Morgan fingerprint density at radius 3 is 2.52 bits per heavy atom. The number of rotatable bonds is 5. The summed E-state index contributed by atoms with van der Waals surface area (Å²) in [5.41, 5.74) is 3.76. The molecule has 0 saturated carbocycles. The van der Waals surface area contributed by atoms with E-state index in [0.29, 0.717) is 0 Å². The number of halogens is 1. The average Bonchev–Trinajstić information content (AvgIpc) is 2.95.